The number of hydrogen-bond donors (Lipinski definition) is 2. The summed E-state index contributed by atoms with van der Waals surface area (Å²) >= 11 is 6.07. The number of pyridine rings is 1. The lowest BCUT2D eigenvalue weighted by atomic mass is 9.83. The van der Waals surface area contributed by atoms with E-state index < -0.39 is 34.9 Å². The molecule has 0 bridgehead atoms. The predicted octanol–water partition coefficient (Wildman–Crippen LogP) is 2.34. The van der Waals surface area contributed by atoms with E-state index in [0.29, 0.717) is 44.3 Å². The average Bonchev–Trinajstić information content (AvgIpc) is 3.00. The molecule has 162 valence electrons. The fraction of sp³-hybridized carbons (Fsp3) is 0.667. The first kappa shape index (κ1) is 19.8. The Morgan fingerprint density at radius 3 is 2.60 bits per heavy atom. The number of hydrogen-bond acceptors (Lipinski definition) is 4. The monoisotopic (exact) mass is 437 g/mol. The summed E-state index contributed by atoms with van der Waals surface area (Å²) in [5.41, 5.74) is -0.0664. The van der Waals surface area contributed by atoms with Crippen molar-refractivity contribution in [1.82, 2.24) is 14.8 Å². The van der Waals surface area contributed by atoms with Crippen LogP contribution in [-0.2, 0) is 6.42 Å². The van der Waals surface area contributed by atoms with Crippen molar-refractivity contribution in [3.8, 4) is 5.75 Å². The molecule has 1 aromatic heterocycles. The van der Waals surface area contributed by atoms with Gasteiger partial charge in [0.15, 0.2) is 5.75 Å². The summed E-state index contributed by atoms with van der Waals surface area (Å²) in [6.07, 6.45) is 3.32. The van der Waals surface area contributed by atoms with Gasteiger partial charge in [-0.05, 0) is 50.4 Å². The van der Waals surface area contributed by atoms with Crippen LogP contribution in [0.3, 0.4) is 0 Å². The zero-order chi connectivity index (χ0) is 21.2. The number of amides is 2. The predicted molar refractivity (Wildman–Crippen MR) is 108 cm³/mol. The van der Waals surface area contributed by atoms with Gasteiger partial charge in [0.1, 0.15) is 18.0 Å². The number of carbonyl (C=O) groups is 2. The van der Waals surface area contributed by atoms with E-state index in [0.717, 1.165) is 19.3 Å². The summed E-state index contributed by atoms with van der Waals surface area (Å²) in [6.45, 7) is 0.795. The number of fused-ring (bicyclic) bond motifs is 3. The average molecular weight is 438 g/mol. The van der Waals surface area contributed by atoms with Crippen LogP contribution in [0.1, 0.15) is 71.1 Å². The van der Waals surface area contributed by atoms with Gasteiger partial charge in [-0.15, -0.1) is 11.6 Å². The molecule has 2 fully saturated rings. The number of aromatic nitrogens is 1. The third-order valence-corrected chi connectivity index (χ3v) is 7.72. The van der Waals surface area contributed by atoms with E-state index in [1.54, 1.807) is 4.90 Å². The van der Waals surface area contributed by atoms with Crippen molar-refractivity contribution < 1.29 is 19.1 Å². The van der Waals surface area contributed by atoms with E-state index in [-0.39, 0.29) is 29.0 Å². The lowest BCUT2D eigenvalue weighted by Crippen LogP contribution is -2.44. The van der Waals surface area contributed by atoms with Crippen LogP contribution in [0, 0.1) is 11.8 Å². The Morgan fingerprint density at radius 2 is 1.93 bits per heavy atom. The van der Waals surface area contributed by atoms with Crippen LogP contribution in [0.4, 0.5) is 4.39 Å². The van der Waals surface area contributed by atoms with E-state index in [1.165, 1.54) is 4.57 Å². The first-order valence-electron chi connectivity index (χ1n) is 10.8. The van der Waals surface area contributed by atoms with Gasteiger partial charge in [0, 0.05) is 18.7 Å². The lowest BCUT2D eigenvalue weighted by Gasteiger charge is -2.36. The van der Waals surface area contributed by atoms with Gasteiger partial charge >= 0.3 is 0 Å². The molecule has 2 aliphatic heterocycles. The van der Waals surface area contributed by atoms with Gasteiger partial charge in [0.25, 0.3) is 17.4 Å². The zero-order valence-electron chi connectivity index (χ0n) is 16.6. The van der Waals surface area contributed by atoms with Crippen LogP contribution in [0.25, 0.3) is 0 Å². The third-order valence-electron chi connectivity index (χ3n) is 7.27. The second-order valence-corrected chi connectivity index (χ2v) is 9.61. The number of alkyl halides is 2. The minimum Gasteiger partial charge on any atom is -0.502 e. The molecule has 2 saturated carbocycles. The van der Waals surface area contributed by atoms with Crippen molar-refractivity contribution in [2.24, 2.45) is 11.8 Å². The maximum atomic E-state index is 13.7. The van der Waals surface area contributed by atoms with Crippen molar-refractivity contribution in [3.63, 3.8) is 0 Å². The second kappa shape index (κ2) is 7.25. The van der Waals surface area contributed by atoms with Crippen LogP contribution in [0.2, 0.25) is 0 Å². The number of aromatic hydroxyl groups is 1. The maximum Gasteiger partial charge on any atom is 0.295 e. The molecule has 7 nitrogen and oxygen atoms in total. The van der Waals surface area contributed by atoms with Gasteiger partial charge in [-0.2, -0.15) is 0 Å². The maximum absolute atomic E-state index is 13.7. The number of rotatable bonds is 3. The molecule has 1 aromatic rings. The highest BCUT2D eigenvalue weighted by atomic mass is 35.5. The number of nitrogens with one attached hydrogen (secondary N) is 1. The standard InChI is InChI=1S/C21H25ClFN3O4/c22-13-8-10(4-5-14(13)23)9-25-7-6-12-15(20(25)29)17(27)21(30)26-16(12)19(28)24-18(26)11-2-1-3-11/h10-11,13-14,18,27H,1-9H2,(H,24,28). The summed E-state index contributed by atoms with van der Waals surface area (Å²) in [6, 6.07) is 0. The largest absolute Gasteiger partial charge is 0.502 e. The molecule has 0 spiro atoms. The highest BCUT2D eigenvalue weighted by Gasteiger charge is 2.43. The zero-order valence-corrected chi connectivity index (χ0v) is 17.3. The van der Waals surface area contributed by atoms with Gasteiger partial charge < -0.3 is 15.3 Å². The molecule has 2 amide bonds. The molecule has 2 N–H and O–H groups in total. The van der Waals surface area contributed by atoms with Crippen molar-refractivity contribution in [3.05, 3.63) is 27.2 Å². The molecule has 30 heavy (non-hydrogen) atoms. The minimum atomic E-state index is -1.02. The Labute approximate surface area is 178 Å². The first-order chi connectivity index (χ1) is 14.4. The Kier molecular flexibility index (Phi) is 4.80. The van der Waals surface area contributed by atoms with Gasteiger partial charge in [-0.3, -0.25) is 19.0 Å². The topological polar surface area (TPSA) is 91.6 Å². The van der Waals surface area contributed by atoms with Crippen molar-refractivity contribution in [1.29, 1.82) is 0 Å². The molecule has 4 aliphatic rings. The Hall–Kier alpha value is -2.09. The van der Waals surface area contributed by atoms with Crippen molar-refractivity contribution >= 4 is 23.4 Å². The molecule has 5 rings (SSSR count). The van der Waals surface area contributed by atoms with Gasteiger partial charge in [0.05, 0.1) is 10.9 Å². The van der Waals surface area contributed by atoms with Gasteiger partial charge in [-0.1, -0.05) is 6.42 Å². The SMILES string of the molecule is O=C1NC(C2CCC2)n2c1c1c(c(O)c2=O)C(=O)N(CC2CCC(F)C(Cl)C2)CC1. The molecule has 3 heterocycles. The van der Waals surface area contributed by atoms with E-state index in [4.69, 9.17) is 11.6 Å². The summed E-state index contributed by atoms with van der Waals surface area (Å²) in [7, 11) is 0. The summed E-state index contributed by atoms with van der Waals surface area (Å²) < 4.78 is 15.0. The van der Waals surface area contributed by atoms with Crippen LogP contribution in [-0.4, -0.2) is 51.0 Å². The van der Waals surface area contributed by atoms with Gasteiger partial charge in [0.2, 0.25) is 0 Å². The highest BCUT2D eigenvalue weighted by molar-refractivity contribution is 6.21. The Bertz CT molecular complexity index is 976. The molecule has 0 aromatic carbocycles. The number of carbonyl (C=O) groups excluding carboxylic acids is 2. The molecular formula is C21H25ClFN3O4. The van der Waals surface area contributed by atoms with Crippen LogP contribution in [0.5, 0.6) is 5.75 Å². The van der Waals surface area contributed by atoms with E-state index in [9.17, 15) is 23.9 Å². The Morgan fingerprint density at radius 1 is 1.17 bits per heavy atom. The normalized spacial score (nSPS) is 31.2. The fourth-order valence-electron chi connectivity index (χ4n) is 5.38. The first-order valence-corrected chi connectivity index (χ1v) is 11.2. The smallest absolute Gasteiger partial charge is 0.295 e. The lowest BCUT2D eigenvalue weighted by molar-refractivity contribution is 0.0678. The molecule has 4 atom stereocenters. The summed E-state index contributed by atoms with van der Waals surface area (Å²) in [5.74, 6) is -1.12. The van der Waals surface area contributed by atoms with E-state index in [1.807, 2.05) is 0 Å². The number of nitrogens with zero attached hydrogens (tertiary/aromatic N) is 2. The molecule has 0 saturated heterocycles. The van der Waals surface area contributed by atoms with Crippen LogP contribution in [0.15, 0.2) is 4.79 Å². The third kappa shape index (κ3) is 2.94. The second-order valence-electron chi connectivity index (χ2n) is 9.05. The Balaban J connectivity index is 1.46. The molecule has 4 unspecified atom stereocenters. The molecule has 9 heteroatoms. The molecule has 0 radical (unpaired) electrons. The van der Waals surface area contributed by atoms with E-state index >= 15 is 0 Å². The van der Waals surface area contributed by atoms with Gasteiger partial charge in [-0.25, -0.2) is 4.39 Å². The van der Waals surface area contributed by atoms with Crippen LogP contribution >= 0.6 is 11.6 Å². The molecular weight excluding hydrogens is 413 g/mol. The summed E-state index contributed by atoms with van der Waals surface area (Å²) in [4.78, 5) is 40.4. The highest BCUT2D eigenvalue weighted by Crippen LogP contribution is 2.40. The van der Waals surface area contributed by atoms with E-state index in [2.05, 4.69) is 5.32 Å². The van der Waals surface area contributed by atoms with Crippen LogP contribution < -0.4 is 10.9 Å². The van der Waals surface area contributed by atoms with Crippen molar-refractivity contribution in [2.45, 2.75) is 62.7 Å². The quantitative estimate of drug-likeness (QED) is 0.710. The summed E-state index contributed by atoms with van der Waals surface area (Å²) in [5, 5.41) is 13.0. The fourth-order valence-corrected chi connectivity index (χ4v) is 5.76. The minimum absolute atomic E-state index is 0.0523. The molecule has 2 aliphatic carbocycles. The van der Waals surface area contributed by atoms with Crippen molar-refractivity contribution in [2.75, 3.05) is 13.1 Å². The number of halogens is 2.